The lowest BCUT2D eigenvalue weighted by molar-refractivity contribution is -0.128. The molecule has 0 bridgehead atoms. The van der Waals surface area contributed by atoms with Gasteiger partial charge in [0.2, 0.25) is 5.91 Å². The number of hydrogen-bond donors (Lipinski definition) is 2. The zero-order valence-electron chi connectivity index (χ0n) is 7.36. The van der Waals surface area contributed by atoms with Gasteiger partial charge in [-0.2, -0.15) is 0 Å². The van der Waals surface area contributed by atoms with E-state index in [4.69, 9.17) is 5.73 Å². The summed E-state index contributed by atoms with van der Waals surface area (Å²) in [5.74, 6) is 0.0648. The SMILES string of the molecule is CCC(O)CN1CC(N)CC1=O. The van der Waals surface area contributed by atoms with E-state index in [1.54, 1.807) is 4.90 Å². The van der Waals surface area contributed by atoms with Gasteiger partial charge in [-0.15, -0.1) is 0 Å². The second-order valence-electron chi connectivity index (χ2n) is 3.32. The molecule has 70 valence electrons. The maximum atomic E-state index is 11.2. The van der Waals surface area contributed by atoms with Gasteiger partial charge in [-0.1, -0.05) is 6.92 Å². The second kappa shape index (κ2) is 3.87. The topological polar surface area (TPSA) is 66.6 Å². The molecule has 1 heterocycles. The number of hydrogen-bond acceptors (Lipinski definition) is 3. The molecule has 1 aliphatic heterocycles. The highest BCUT2D eigenvalue weighted by Gasteiger charge is 2.27. The number of nitrogens with zero attached hydrogens (tertiary/aromatic N) is 1. The highest BCUT2D eigenvalue weighted by atomic mass is 16.3. The molecule has 2 atom stereocenters. The molecular weight excluding hydrogens is 156 g/mol. The zero-order valence-corrected chi connectivity index (χ0v) is 7.36. The first kappa shape index (κ1) is 9.48. The summed E-state index contributed by atoms with van der Waals surface area (Å²) in [7, 11) is 0. The molecule has 0 radical (unpaired) electrons. The van der Waals surface area contributed by atoms with E-state index in [9.17, 15) is 9.90 Å². The molecule has 1 saturated heterocycles. The van der Waals surface area contributed by atoms with Gasteiger partial charge in [0.1, 0.15) is 0 Å². The van der Waals surface area contributed by atoms with Crippen molar-refractivity contribution in [3.05, 3.63) is 0 Å². The monoisotopic (exact) mass is 172 g/mol. The third-order valence-electron chi connectivity index (χ3n) is 2.15. The van der Waals surface area contributed by atoms with Crippen LogP contribution in [0.15, 0.2) is 0 Å². The van der Waals surface area contributed by atoms with E-state index in [-0.39, 0.29) is 11.9 Å². The summed E-state index contributed by atoms with van der Waals surface area (Å²) < 4.78 is 0. The molecule has 0 saturated carbocycles. The molecule has 1 aliphatic rings. The van der Waals surface area contributed by atoms with E-state index in [2.05, 4.69) is 0 Å². The Morgan fingerprint density at radius 2 is 2.50 bits per heavy atom. The minimum Gasteiger partial charge on any atom is -0.391 e. The van der Waals surface area contributed by atoms with Crippen LogP contribution in [0.5, 0.6) is 0 Å². The fourth-order valence-electron chi connectivity index (χ4n) is 1.36. The number of rotatable bonds is 3. The molecule has 1 fully saturated rings. The van der Waals surface area contributed by atoms with Crippen molar-refractivity contribution in [1.82, 2.24) is 4.90 Å². The van der Waals surface area contributed by atoms with Crippen LogP contribution in [0.3, 0.4) is 0 Å². The van der Waals surface area contributed by atoms with Gasteiger partial charge < -0.3 is 15.7 Å². The van der Waals surface area contributed by atoms with Crippen LogP contribution in [0.1, 0.15) is 19.8 Å². The lowest BCUT2D eigenvalue weighted by Gasteiger charge is -2.18. The zero-order chi connectivity index (χ0) is 9.14. The van der Waals surface area contributed by atoms with Crippen molar-refractivity contribution in [3.63, 3.8) is 0 Å². The lowest BCUT2D eigenvalue weighted by Crippen LogP contribution is -2.34. The van der Waals surface area contributed by atoms with Crippen molar-refractivity contribution in [2.75, 3.05) is 13.1 Å². The molecule has 0 aromatic rings. The number of carbonyl (C=O) groups is 1. The van der Waals surface area contributed by atoms with Crippen molar-refractivity contribution < 1.29 is 9.90 Å². The van der Waals surface area contributed by atoms with Crippen molar-refractivity contribution in [2.24, 2.45) is 5.73 Å². The highest BCUT2D eigenvalue weighted by molar-refractivity contribution is 5.79. The Morgan fingerprint density at radius 1 is 1.83 bits per heavy atom. The van der Waals surface area contributed by atoms with Gasteiger partial charge in [0, 0.05) is 25.6 Å². The van der Waals surface area contributed by atoms with Gasteiger partial charge >= 0.3 is 0 Å². The van der Waals surface area contributed by atoms with Gasteiger partial charge in [0.15, 0.2) is 0 Å². The first-order valence-electron chi connectivity index (χ1n) is 4.35. The third kappa shape index (κ3) is 2.19. The van der Waals surface area contributed by atoms with Gasteiger partial charge in [-0.05, 0) is 6.42 Å². The second-order valence-corrected chi connectivity index (χ2v) is 3.32. The van der Waals surface area contributed by atoms with Crippen LogP contribution in [0.2, 0.25) is 0 Å². The Balaban J connectivity index is 2.37. The van der Waals surface area contributed by atoms with E-state index >= 15 is 0 Å². The standard InChI is InChI=1S/C8H16N2O2/c1-2-7(11)5-10-4-6(9)3-8(10)12/h6-7,11H,2-5,9H2,1H3. The number of nitrogens with two attached hydrogens (primary N) is 1. The van der Waals surface area contributed by atoms with Crippen LogP contribution in [-0.4, -0.2) is 41.1 Å². The summed E-state index contributed by atoms with van der Waals surface area (Å²) in [6.07, 6.45) is 0.703. The maximum absolute atomic E-state index is 11.2. The first-order valence-corrected chi connectivity index (χ1v) is 4.35. The normalized spacial score (nSPS) is 26.4. The van der Waals surface area contributed by atoms with Crippen molar-refractivity contribution >= 4 is 5.91 Å². The van der Waals surface area contributed by atoms with E-state index in [0.29, 0.717) is 25.9 Å². The molecule has 1 rings (SSSR count). The van der Waals surface area contributed by atoms with Gasteiger partial charge in [-0.25, -0.2) is 0 Å². The number of likely N-dealkylation sites (tertiary alicyclic amines) is 1. The summed E-state index contributed by atoms with van der Waals surface area (Å²) in [6.45, 7) is 2.92. The molecular formula is C8H16N2O2. The molecule has 2 unspecified atom stereocenters. The van der Waals surface area contributed by atoms with E-state index < -0.39 is 6.10 Å². The maximum Gasteiger partial charge on any atom is 0.224 e. The molecule has 0 spiro atoms. The van der Waals surface area contributed by atoms with E-state index in [1.807, 2.05) is 6.92 Å². The Hall–Kier alpha value is -0.610. The number of carbonyl (C=O) groups excluding carboxylic acids is 1. The number of aliphatic hydroxyl groups excluding tert-OH is 1. The fraction of sp³-hybridized carbons (Fsp3) is 0.875. The first-order chi connectivity index (χ1) is 5.63. The predicted octanol–water partition coefficient (Wildman–Crippen LogP) is -0.683. The summed E-state index contributed by atoms with van der Waals surface area (Å²) in [5.41, 5.74) is 5.59. The molecule has 12 heavy (non-hydrogen) atoms. The molecule has 0 aromatic heterocycles. The fourth-order valence-corrected chi connectivity index (χ4v) is 1.36. The van der Waals surface area contributed by atoms with Crippen molar-refractivity contribution in [2.45, 2.75) is 31.9 Å². The summed E-state index contributed by atoms with van der Waals surface area (Å²) in [5, 5.41) is 9.29. The van der Waals surface area contributed by atoms with Crippen LogP contribution in [0.25, 0.3) is 0 Å². The Bertz CT molecular complexity index is 172. The third-order valence-corrected chi connectivity index (χ3v) is 2.15. The van der Waals surface area contributed by atoms with Crippen LogP contribution in [0, 0.1) is 0 Å². The largest absolute Gasteiger partial charge is 0.391 e. The number of amides is 1. The molecule has 4 heteroatoms. The number of aliphatic hydroxyl groups is 1. The lowest BCUT2D eigenvalue weighted by atomic mass is 10.2. The predicted molar refractivity (Wildman–Crippen MR) is 45.5 cm³/mol. The average molecular weight is 172 g/mol. The van der Waals surface area contributed by atoms with Crippen LogP contribution in [-0.2, 0) is 4.79 Å². The van der Waals surface area contributed by atoms with E-state index in [0.717, 1.165) is 0 Å². The Morgan fingerprint density at radius 3 is 2.92 bits per heavy atom. The summed E-state index contributed by atoms with van der Waals surface area (Å²) >= 11 is 0. The van der Waals surface area contributed by atoms with Crippen LogP contribution >= 0.6 is 0 Å². The van der Waals surface area contributed by atoms with E-state index in [1.165, 1.54) is 0 Å². The smallest absolute Gasteiger partial charge is 0.224 e. The van der Waals surface area contributed by atoms with Gasteiger partial charge in [0.25, 0.3) is 0 Å². The quantitative estimate of drug-likeness (QED) is 0.592. The molecule has 1 amide bonds. The number of β-amino-alcohol motifs (C(OH)–C–C–N with tert-alkyl or cyclic N) is 1. The summed E-state index contributed by atoms with van der Waals surface area (Å²) in [4.78, 5) is 12.8. The van der Waals surface area contributed by atoms with Crippen molar-refractivity contribution in [1.29, 1.82) is 0 Å². The van der Waals surface area contributed by atoms with Crippen LogP contribution in [0.4, 0.5) is 0 Å². The highest BCUT2D eigenvalue weighted by Crippen LogP contribution is 2.09. The minimum atomic E-state index is -0.403. The minimum absolute atomic E-state index is 0.0402. The average Bonchev–Trinajstić information content (AvgIpc) is 2.30. The Kier molecular flexibility index (Phi) is 3.05. The molecule has 3 N–H and O–H groups in total. The Labute approximate surface area is 72.3 Å². The molecule has 4 nitrogen and oxygen atoms in total. The van der Waals surface area contributed by atoms with Gasteiger partial charge in [0.05, 0.1) is 6.10 Å². The molecule has 0 aromatic carbocycles. The molecule has 0 aliphatic carbocycles. The van der Waals surface area contributed by atoms with Crippen LogP contribution < -0.4 is 5.73 Å². The summed E-state index contributed by atoms with van der Waals surface area (Å²) in [6, 6.07) is -0.0402. The van der Waals surface area contributed by atoms with Crippen molar-refractivity contribution in [3.8, 4) is 0 Å². The van der Waals surface area contributed by atoms with Gasteiger partial charge in [-0.3, -0.25) is 4.79 Å².